The zero-order valence-corrected chi connectivity index (χ0v) is 10.8. The highest BCUT2D eigenvalue weighted by molar-refractivity contribution is 5.71. The van der Waals surface area contributed by atoms with Crippen LogP contribution in [-0.4, -0.2) is 25.8 Å². The largest absolute Gasteiger partial charge is 0.485 e. The molecule has 2 aromatic rings. The molecule has 0 aliphatic rings. The van der Waals surface area contributed by atoms with Crippen molar-refractivity contribution in [2.24, 2.45) is 7.05 Å². The molecule has 1 N–H and O–H groups in total. The fraction of sp³-hybridized carbons (Fsp3) is 0.308. The van der Waals surface area contributed by atoms with Crippen molar-refractivity contribution in [2.75, 3.05) is 0 Å². The maximum atomic E-state index is 10.8. The second-order valence-corrected chi connectivity index (χ2v) is 4.19. The van der Waals surface area contributed by atoms with Crippen molar-refractivity contribution in [1.82, 2.24) is 14.8 Å². The summed E-state index contributed by atoms with van der Waals surface area (Å²) in [6, 6.07) is 7.09. The Morgan fingerprint density at radius 3 is 2.74 bits per heavy atom. The highest BCUT2D eigenvalue weighted by atomic mass is 16.5. The van der Waals surface area contributed by atoms with Crippen molar-refractivity contribution in [3.63, 3.8) is 0 Å². The molecule has 0 aliphatic carbocycles. The van der Waals surface area contributed by atoms with Gasteiger partial charge < -0.3 is 14.4 Å². The zero-order valence-electron chi connectivity index (χ0n) is 10.8. The number of aliphatic carboxylic acids is 1. The topological polar surface area (TPSA) is 77.2 Å². The van der Waals surface area contributed by atoms with Crippen molar-refractivity contribution in [2.45, 2.75) is 20.0 Å². The average molecular weight is 261 g/mol. The van der Waals surface area contributed by atoms with Gasteiger partial charge >= 0.3 is 5.97 Å². The Kier molecular flexibility index (Phi) is 3.79. The van der Waals surface area contributed by atoms with Gasteiger partial charge in [-0.3, -0.25) is 4.79 Å². The van der Waals surface area contributed by atoms with Crippen molar-refractivity contribution >= 4 is 5.97 Å². The molecule has 0 saturated carbocycles. The molecular formula is C13H15N3O3. The summed E-state index contributed by atoms with van der Waals surface area (Å²) in [5.41, 5.74) is 0.647. The summed E-state index contributed by atoms with van der Waals surface area (Å²) < 4.78 is 7.46. The number of nitrogens with zero attached hydrogens (tertiary/aromatic N) is 3. The van der Waals surface area contributed by atoms with Gasteiger partial charge in [0.05, 0.1) is 6.42 Å². The number of aromatic nitrogens is 3. The van der Waals surface area contributed by atoms with Crippen LogP contribution < -0.4 is 4.74 Å². The van der Waals surface area contributed by atoms with E-state index in [1.807, 2.05) is 24.6 Å². The summed E-state index contributed by atoms with van der Waals surface area (Å²) in [5.74, 6) is 1.18. The lowest BCUT2D eigenvalue weighted by molar-refractivity contribution is -0.136. The van der Waals surface area contributed by atoms with Crippen LogP contribution in [0.5, 0.6) is 5.75 Å². The number of ether oxygens (including phenoxy) is 1. The second kappa shape index (κ2) is 5.51. The van der Waals surface area contributed by atoms with E-state index in [1.165, 1.54) is 0 Å². The summed E-state index contributed by atoms with van der Waals surface area (Å²) in [6.45, 7) is 2.11. The van der Waals surface area contributed by atoms with E-state index in [-0.39, 0.29) is 13.0 Å². The van der Waals surface area contributed by atoms with Gasteiger partial charge in [-0.1, -0.05) is 18.2 Å². The Labute approximate surface area is 110 Å². The molecule has 0 saturated heterocycles. The van der Waals surface area contributed by atoms with Crippen LogP contribution in [0.1, 0.15) is 17.2 Å². The maximum Gasteiger partial charge on any atom is 0.307 e. The molecule has 0 spiro atoms. The molecule has 0 unspecified atom stereocenters. The number of aryl methyl sites for hydroxylation is 1. The SMILES string of the molecule is Cc1nnc(COc2ccccc2CC(=O)O)n1C. The molecule has 1 heterocycles. The first-order valence-corrected chi connectivity index (χ1v) is 5.85. The van der Waals surface area contributed by atoms with Gasteiger partial charge in [0.25, 0.3) is 0 Å². The van der Waals surface area contributed by atoms with Crippen molar-refractivity contribution in [3.05, 3.63) is 41.5 Å². The highest BCUT2D eigenvalue weighted by Gasteiger charge is 2.10. The van der Waals surface area contributed by atoms with Crippen LogP contribution >= 0.6 is 0 Å². The Bertz CT molecular complexity index is 593. The fourth-order valence-electron chi connectivity index (χ4n) is 1.67. The Morgan fingerprint density at radius 1 is 1.37 bits per heavy atom. The average Bonchev–Trinajstić information content (AvgIpc) is 2.68. The summed E-state index contributed by atoms with van der Waals surface area (Å²) in [7, 11) is 1.86. The lowest BCUT2D eigenvalue weighted by atomic mass is 10.1. The molecular weight excluding hydrogens is 246 g/mol. The number of benzene rings is 1. The molecule has 2 rings (SSSR count). The van der Waals surface area contributed by atoms with E-state index in [4.69, 9.17) is 9.84 Å². The van der Waals surface area contributed by atoms with Crippen LogP contribution in [-0.2, 0) is 24.9 Å². The molecule has 6 nitrogen and oxygen atoms in total. The van der Waals surface area contributed by atoms with E-state index in [0.29, 0.717) is 17.1 Å². The number of carboxylic acids is 1. The Hall–Kier alpha value is -2.37. The molecule has 0 atom stereocenters. The molecule has 0 bridgehead atoms. The minimum atomic E-state index is -0.884. The molecule has 6 heteroatoms. The summed E-state index contributed by atoms with van der Waals surface area (Å²) in [5, 5.41) is 16.8. The van der Waals surface area contributed by atoms with Crippen LogP contribution in [0.3, 0.4) is 0 Å². The lowest BCUT2D eigenvalue weighted by Gasteiger charge is -2.09. The van der Waals surface area contributed by atoms with Crippen LogP contribution in [0, 0.1) is 6.92 Å². The summed E-state index contributed by atoms with van der Waals surface area (Å²) >= 11 is 0. The van der Waals surface area contributed by atoms with E-state index in [0.717, 1.165) is 5.82 Å². The van der Waals surface area contributed by atoms with E-state index in [2.05, 4.69) is 10.2 Å². The van der Waals surface area contributed by atoms with Crippen molar-refractivity contribution in [1.29, 1.82) is 0 Å². The highest BCUT2D eigenvalue weighted by Crippen LogP contribution is 2.19. The monoisotopic (exact) mass is 261 g/mol. The zero-order chi connectivity index (χ0) is 13.8. The van der Waals surface area contributed by atoms with Gasteiger partial charge in [-0.25, -0.2) is 0 Å². The number of rotatable bonds is 5. The number of carboxylic acid groups (broad SMARTS) is 1. The molecule has 0 aliphatic heterocycles. The summed E-state index contributed by atoms with van der Waals surface area (Å²) in [6.07, 6.45) is -0.0615. The van der Waals surface area contributed by atoms with Gasteiger partial charge in [-0.05, 0) is 13.0 Å². The van der Waals surface area contributed by atoms with Crippen molar-refractivity contribution in [3.8, 4) is 5.75 Å². The van der Waals surface area contributed by atoms with Crippen LogP contribution in [0.25, 0.3) is 0 Å². The molecule has 19 heavy (non-hydrogen) atoms. The Morgan fingerprint density at radius 2 is 2.11 bits per heavy atom. The van der Waals surface area contributed by atoms with E-state index < -0.39 is 5.97 Å². The number of hydrogen-bond donors (Lipinski definition) is 1. The normalized spacial score (nSPS) is 10.4. The molecule has 1 aromatic heterocycles. The van der Waals surface area contributed by atoms with Gasteiger partial charge in [0, 0.05) is 12.6 Å². The first-order valence-electron chi connectivity index (χ1n) is 5.85. The summed E-state index contributed by atoms with van der Waals surface area (Å²) in [4.78, 5) is 10.8. The Balaban J connectivity index is 2.11. The smallest absolute Gasteiger partial charge is 0.307 e. The van der Waals surface area contributed by atoms with E-state index in [1.54, 1.807) is 18.2 Å². The first-order chi connectivity index (χ1) is 9.08. The van der Waals surface area contributed by atoms with Gasteiger partial charge in [0.15, 0.2) is 5.82 Å². The predicted octanol–water partition coefficient (Wildman–Crippen LogP) is 1.33. The minimum absolute atomic E-state index is 0.0615. The van der Waals surface area contributed by atoms with Gasteiger partial charge in [0.2, 0.25) is 0 Å². The molecule has 0 fully saturated rings. The number of carbonyl (C=O) groups is 1. The van der Waals surface area contributed by atoms with E-state index >= 15 is 0 Å². The quantitative estimate of drug-likeness (QED) is 0.878. The number of hydrogen-bond acceptors (Lipinski definition) is 4. The third-order valence-electron chi connectivity index (χ3n) is 2.85. The molecule has 0 amide bonds. The maximum absolute atomic E-state index is 10.8. The third kappa shape index (κ3) is 3.09. The molecule has 0 radical (unpaired) electrons. The third-order valence-corrected chi connectivity index (χ3v) is 2.85. The van der Waals surface area contributed by atoms with Crippen LogP contribution in [0.15, 0.2) is 24.3 Å². The van der Waals surface area contributed by atoms with Crippen LogP contribution in [0.2, 0.25) is 0 Å². The standard InChI is InChI=1S/C13H15N3O3/c1-9-14-15-12(16(9)2)8-19-11-6-4-3-5-10(11)7-13(17)18/h3-6H,7-8H2,1-2H3,(H,17,18). The molecule has 100 valence electrons. The van der Waals surface area contributed by atoms with Gasteiger partial charge in [0.1, 0.15) is 18.2 Å². The van der Waals surface area contributed by atoms with Gasteiger partial charge in [-0.2, -0.15) is 0 Å². The molecule has 1 aromatic carbocycles. The lowest BCUT2D eigenvalue weighted by Crippen LogP contribution is -2.07. The van der Waals surface area contributed by atoms with Gasteiger partial charge in [-0.15, -0.1) is 10.2 Å². The number of para-hydroxylation sites is 1. The van der Waals surface area contributed by atoms with E-state index in [9.17, 15) is 4.79 Å². The van der Waals surface area contributed by atoms with Crippen molar-refractivity contribution < 1.29 is 14.6 Å². The predicted molar refractivity (Wildman–Crippen MR) is 67.9 cm³/mol. The first kappa shape index (κ1) is 13.1. The second-order valence-electron chi connectivity index (χ2n) is 4.19. The fourth-order valence-corrected chi connectivity index (χ4v) is 1.67. The van der Waals surface area contributed by atoms with Crippen LogP contribution in [0.4, 0.5) is 0 Å². The minimum Gasteiger partial charge on any atom is -0.485 e.